The minimum Gasteiger partial charge on any atom is -0.463 e. The van der Waals surface area contributed by atoms with Gasteiger partial charge in [0.05, 0.1) is 12.7 Å². The molecule has 1 aromatic carbocycles. The smallest absolute Gasteiger partial charge is 0.376 e. The van der Waals surface area contributed by atoms with Gasteiger partial charge in [-0.3, -0.25) is 0 Å². The van der Waals surface area contributed by atoms with Crippen LogP contribution in [0.5, 0.6) is 0 Å². The summed E-state index contributed by atoms with van der Waals surface area (Å²) >= 11 is 0. The van der Waals surface area contributed by atoms with Crippen LogP contribution in [0.25, 0.3) is 0 Å². The van der Waals surface area contributed by atoms with Crippen LogP contribution < -0.4 is 5.73 Å². The van der Waals surface area contributed by atoms with Crippen LogP contribution in [0.4, 0.5) is 5.69 Å². The number of carbonyl (C=O) groups is 1. The van der Waals surface area contributed by atoms with Gasteiger partial charge in [0.1, 0.15) is 6.26 Å². The molecule has 5 heteroatoms. The van der Waals surface area contributed by atoms with Gasteiger partial charge in [-0.1, -0.05) is 12.1 Å². The van der Waals surface area contributed by atoms with Gasteiger partial charge in [0.2, 0.25) is 5.76 Å². The second kappa shape index (κ2) is 4.14. The third-order valence-electron chi connectivity index (χ3n) is 2.17. The summed E-state index contributed by atoms with van der Waals surface area (Å²) < 4.78 is 15.0. The van der Waals surface area contributed by atoms with Gasteiger partial charge in [0.15, 0.2) is 0 Å². The molecule has 0 aliphatic carbocycles. The second-order valence-electron chi connectivity index (χ2n) is 3.19. The van der Waals surface area contributed by atoms with E-state index in [0.29, 0.717) is 11.3 Å². The maximum absolute atomic E-state index is 11.1. The molecule has 84 valence electrons. The molecule has 0 aromatic heterocycles. The van der Waals surface area contributed by atoms with Gasteiger partial charge in [-0.25, -0.2) is 4.79 Å². The number of nitrogen functional groups attached to an aromatic ring is 1. The van der Waals surface area contributed by atoms with E-state index in [9.17, 15) is 4.79 Å². The number of anilines is 1. The van der Waals surface area contributed by atoms with Crippen molar-refractivity contribution in [1.29, 1.82) is 0 Å². The number of para-hydroxylation sites is 1. The van der Waals surface area contributed by atoms with Crippen molar-refractivity contribution >= 4 is 11.7 Å². The molecule has 0 saturated carbocycles. The summed E-state index contributed by atoms with van der Waals surface area (Å²) in [7, 11) is 1.27. The van der Waals surface area contributed by atoms with Gasteiger partial charge in [-0.2, -0.15) is 0 Å². The van der Waals surface area contributed by atoms with E-state index in [1.165, 1.54) is 13.4 Å². The van der Waals surface area contributed by atoms with Crippen molar-refractivity contribution in [3.05, 3.63) is 41.9 Å². The molecule has 1 heterocycles. The molecule has 0 bridgehead atoms. The largest absolute Gasteiger partial charge is 0.463 e. The predicted molar refractivity (Wildman–Crippen MR) is 55.9 cm³/mol. The minimum atomic E-state index is -0.685. The van der Waals surface area contributed by atoms with E-state index in [1.54, 1.807) is 12.1 Å². The Labute approximate surface area is 92.4 Å². The Kier molecular flexibility index (Phi) is 2.68. The summed E-state index contributed by atoms with van der Waals surface area (Å²) in [5.41, 5.74) is 6.98. The highest BCUT2D eigenvalue weighted by Gasteiger charge is 2.27. The molecule has 16 heavy (non-hydrogen) atoms. The topological polar surface area (TPSA) is 70.8 Å². The Bertz CT molecular complexity index is 441. The number of carbonyl (C=O) groups excluding carboxylic acids is 1. The first kappa shape index (κ1) is 10.4. The number of hydrogen-bond donors (Lipinski definition) is 1. The molecule has 5 nitrogen and oxygen atoms in total. The van der Waals surface area contributed by atoms with Gasteiger partial charge in [0, 0.05) is 5.69 Å². The minimum absolute atomic E-state index is 0.0377. The lowest BCUT2D eigenvalue weighted by Crippen LogP contribution is -2.08. The van der Waals surface area contributed by atoms with Crippen LogP contribution in [0, 0.1) is 0 Å². The molecular weight excluding hydrogens is 210 g/mol. The first-order chi connectivity index (χ1) is 7.72. The predicted octanol–water partition coefficient (Wildman–Crippen LogP) is 1.33. The SMILES string of the molecule is COC(=O)C1=COC(c2ccccc2N)O1. The zero-order valence-electron chi connectivity index (χ0n) is 8.67. The number of methoxy groups -OCH3 is 1. The third kappa shape index (κ3) is 1.79. The zero-order chi connectivity index (χ0) is 11.5. The summed E-state index contributed by atoms with van der Waals surface area (Å²) in [6.45, 7) is 0. The first-order valence-electron chi connectivity index (χ1n) is 4.67. The van der Waals surface area contributed by atoms with Crippen molar-refractivity contribution in [2.45, 2.75) is 6.29 Å². The normalized spacial score (nSPS) is 18.3. The Balaban J connectivity index is 2.12. The molecule has 1 aliphatic rings. The molecule has 0 saturated heterocycles. The lowest BCUT2D eigenvalue weighted by Gasteiger charge is -2.13. The average molecular weight is 221 g/mol. The summed E-state index contributed by atoms with van der Waals surface area (Å²) in [5, 5.41) is 0. The first-order valence-corrected chi connectivity index (χ1v) is 4.67. The summed E-state index contributed by atoms with van der Waals surface area (Å²) in [6.07, 6.45) is 0.540. The standard InChI is InChI=1S/C11H11NO4/c1-14-10(13)9-6-15-11(16-9)7-4-2-3-5-8(7)12/h2-6,11H,12H2,1H3. The molecule has 1 aromatic rings. The van der Waals surface area contributed by atoms with Crippen molar-refractivity contribution < 1.29 is 19.0 Å². The lowest BCUT2D eigenvalue weighted by molar-refractivity contribution is -0.142. The molecule has 0 spiro atoms. The van der Waals surface area contributed by atoms with E-state index in [-0.39, 0.29) is 5.76 Å². The van der Waals surface area contributed by atoms with Crippen molar-refractivity contribution in [2.75, 3.05) is 12.8 Å². The van der Waals surface area contributed by atoms with Gasteiger partial charge >= 0.3 is 5.97 Å². The van der Waals surface area contributed by atoms with E-state index in [1.807, 2.05) is 12.1 Å². The fraction of sp³-hybridized carbons (Fsp3) is 0.182. The average Bonchev–Trinajstić information content (AvgIpc) is 2.78. The molecule has 1 unspecified atom stereocenters. The van der Waals surface area contributed by atoms with E-state index in [0.717, 1.165) is 0 Å². The van der Waals surface area contributed by atoms with Crippen LogP contribution in [0.15, 0.2) is 36.3 Å². The molecule has 1 aliphatic heterocycles. The zero-order valence-corrected chi connectivity index (χ0v) is 8.67. The highest BCUT2D eigenvalue weighted by atomic mass is 16.7. The van der Waals surface area contributed by atoms with Crippen LogP contribution >= 0.6 is 0 Å². The monoisotopic (exact) mass is 221 g/mol. The maximum atomic E-state index is 11.1. The number of benzene rings is 1. The quantitative estimate of drug-likeness (QED) is 0.602. The Morgan fingerprint density at radius 3 is 2.88 bits per heavy atom. The maximum Gasteiger partial charge on any atom is 0.376 e. The number of hydrogen-bond acceptors (Lipinski definition) is 5. The number of nitrogens with two attached hydrogens (primary N) is 1. The third-order valence-corrected chi connectivity index (χ3v) is 2.17. The molecule has 2 rings (SSSR count). The Hall–Kier alpha value is -2.17. The molecule has 0 fully saturated rings. The highest BCUT2D eigenvalue weighted by molar-refractivity contribution is 5.86. The lowest BCUT2D eigenvalue weighted by atomic mass is 10.2. The van der Waals surface area contributed by atoms with E-state index in [4.69, 9.17) is 15.2 Å². The van der Waals surface area contributed by atoms with Crippen molar-refractivity contribution in [3.8, 4) is 0 Å². The molecular formula is C11H11NO4. The van der Waals surface area contributed by atoms with Gasteiger partial charge < -0.3 is 19.9 Å². The second-order valence-corrected chi connectivity index (χ2v) is 3.19. The van der Waals surface area contributed by atoms with Crippen LogP contribution in [-0.4, -0.2) is 13.1 Å². The molecule has 0 radical (unpaired) electrons. The van der Waals surface area contributed by atoms with Crippen LogP contribution in [0.2, 0.25) is 0 Å². The van der Waals surface area contributed by atoms with Gasteiger partial charge in [-0.05, 0) is 12.1 Å². The van der Waals surface area contributed by atoms with Crippen LogP contribution in [-0.2, 0) is 19.0 Å². The summed E-state index contributed by atoms with van der Waals surface area (Å²) in [5.74, 6) is -0.534. The van der Waals surface area contributed by atoms with E-state index < -0.39 is 12.3 Å². The summed E-state index contributed by atoms with van der Waals surface area (Å²) in [6, 6.07) is 7.13. The van der Waals surface area contributed by atoms with Crippen molar-refractivity contribution in [1.82, 2.24) is 0 Å². The molecule has 2 N–H and O–H groups in total. The number of esters is 1. The van der Waals surface area contributed by atoms with Gasteiger partial charge in [-0.15, -0.1) is 0 Å². The molecule has 0 amide bonds. The van der Waals surface area contributed by atoms with Crippen LogP contribution in [0.1, 0.15) is 11.9 Å². The van der Waals surface area contributed by atoms with Crippen molar-refractivity contribution in [2.24, 2.45) is 0 Å². The van der Waals surface area contributed by atoms with E-state index in [2.05, 4.69) is 4.74 Å². The van der Waals surface area contributed by atoms with E-state index >= 15 is 0 Å². The van der Waals surface area contributed by atoms with Crippen molar-refractivity contribution in [3.63, 3.8) is 0 Å². The number of rotatable bonds is 2. The molecule has 1 atom stereocenters. The highest BCUT2D eigenvalue weighted by Crippen LogP contribution is 2.31. The van der Waals surface area contributed by atoms with Gasteiger partial charge in [0.25, 0.3) is 6.29 Å². The Morgan fingerprint density at radius 2 is 2.19 bits per heavy atom. The number of ether oxygens (including phenoxy) is 3. The van der Waals surface area contributed by atoms with Crippen LogP contribution in [0.3, 0.4) is 0 Å². The Morgan fingerprint density at radius 1 is 1.44 bits per heavy atom. The fourth-order valence-corrected chi connectivity index (χ4v) is 1.35. The fourth-order valence-electron chi connectivity index (χ4n) is 1.35. The summed E-state index contributed by atoms with van der Waals surface area (Å²) in [4.78, 5) is 11.1.